The van der Waals surface area contributed by atoms with Crippen molar-refractivity contribution in [1.29, 1.82) is 0 Å². The summed E-state index contributed by atoms with van der Waals surface area (Å²) in [7, 11) is 0. The third-order valence-corrected chi connectivity index (χ3v) is 3.69. The Morgan fingerprint density at radius 2 is 2.25 bits per heavy atom. The molecule has 4 unspecified atom stereocenters. The first-order chi connectivity index (χ1) is 5.68. The van der Waals surface area contributed by atoms with Gasteiger partial charge in [0.25, 0.3) is 0 Å². The lowest BCUT2D eigenvalue weighted by Gasteiger charge is -2.32. The van der Waals surface area contributed by atoms with Crippen LogP contribution in [0.3, 0.4) is 0 Å². The van der Waals surface area contributed by atoms with Gasteiger partial charge in [0.2, 0.25) is 0 Å². The lowest BCUT2D eigenvalue weighted by Crippen LogP contribution is -2.36. The van der Waals surface area contributed by atoms with Crippen LogP contribution in [0.15, 0.2) is 0 Å². The van der Waals surface area contributed by atoms with E-state index in [0.717, 1.165) is 12.8 Å². The largest absolute Gasteiger partial charge is 0.460 e. The van der Waals surface area contributed by atoms with Crippen LogP contribution in [0.1, 0.15) is 26.2 Å². The molecule has 1 saturated heterocycles. The highest BCUT2D eigenvalue weighted by Gasteiger charge is 2.44. The Kier molecular flexibility index (Phi) is 2.03. The molecule has 68 valence electrons. The third-order valence-electron chi connectivity index (χ3n) is 3.01. The zero-order valence-corrected chi connectivity index (χ0v) is 7.88. The first-order valence-electron chi connectivity index (χ1n) is 4.52. The SMILES string of the molecule is CC1CCC2CC(=O)OC2C1Cl. The van der Waals surface area contributed by atoms with Crippen molar-refractivity contribution in [2.24, 2.45) is 11.8 Å². The maximum atomic E-state index is 11.0. The molecule has 0 aromatic heterocycles. The van der Waals surface area contributed by atoms with Crippen LogP contribution in [0.5, 0.6) is 0 Å². The number of hydrogen-bond donors (Lipinski definition) is 0. The quantitative estimate of drug-likeness (QED) is 0.429. The molecule has 0 bridgehead atoms. The molecule has 0 spiro atoms. The first kappa shape index (κ1) is 8.36. The minimum Gasteiger partial charge on any atom is -0.460 e. The molecular formula is C9H13ClO2. The van der Waals surface area contributed by atoms with Crippen molar-refractivity contribution in [3.8, 4) is 0 Å². The number of carbonyl (C=O) groups excluding carboxylic acids is 1. The van der Waals surface area contributed by atoms with Crippen LogP contribution in [-0.4, -0.2) is 17.5 Å². The molecule has 1 aliphatic carbocycles. The summed E-state index contributed by atoms with van der Waals surface area (Å²) in [6.07, 6.45) is 2.82. The number of halogens is 1. The smallest absolute Gasteiger partial charge is 0.306 e. The van der Waals surface area contributed by atoms with E-state index in [-0.39, 0.29) is 17.5 Å². The van der Waals surface area contributed by atoms with Crippen molar-refractivity contribution in [1.82, 2.24) is 0 Å². The molecule has 0 aromatic carbocycles. The van der Waals surface area contributed by atoms with Crippen molar-refractivity contribution in [3.63, 3.8) is 0 Å². The molecule has 2 aliphatic rings. The minimum atomic E-state index is -0.0650. The van der Waals surface area contributed by atoms with Gasteiger partial charge in [0, 0.05) is 5.92 Å². The van der Waals surface area contributed by atoms with E-state index >= 15 is 0 Å². The standard InChI is InChI=1S/C9H13ClO2/c1-5-2-3-6-4-7(11)12-9(6)8(5)10/h5-6,8-9H,2-4H2,1H3. The minimum absolute atomic E-state index is 0.00270. The second-order valence-corrected chi connectivity index (χ2v) is 4.42. The van der Waals surface area contributed by atoms with Crippen LogP contribution in [0.2, 0.25) is 0 Å². The Labute approximate surface area is 77.2 Å². The molecule has 3 heteroatoms. The first-order valence-corrected chi connectivity index (χ1v) is 4.95. The van der Waals surface area contributed by atoms with Crippen molar-refractivity contribution >= 4 is 17.6 Å². The lowest BCUT2D eigenvalue weighted by molar-refractivity contribution is -0.142. The van der Waals surface area contributed by atoms with Crippen molar-refractivity contribution in [2.45, 2.75) is 37.7 Å². The summed E-state index contributed by atoms with van der Waals surface area (Å²) < 4.78 is 5.18. The molecule has 0 N–H and O–H groups in total. The number of hydrogen-bond acceptors (Lipinski definition) is 2. The van der Waals surface area contributed by atoms with E-state index in [2.05, 4.69) is 6.92 Å². The number of fused-ring (bicyclic) bond motifs is 1. The average Bonchev–Trinajstić information content (AvgIpc) is 2.39. The predicted octanol–water partition coefficient (Wildman–Crippen LogP) is 1.96. The van der Waals surface area contributed by atoms with Gasteiger partial charge >= 0.3 is 5.97 Å². The zero-order valence-electron chi connectivity index (χ0n) is 7.13. The van der Waals surface area contributed by atoms with E-state index < -0.39 is 0 Å². The second kappa shape index (κ2) is 2.91. The summed E-state index contributed by atoms with van der Waals surface area (Å²) in [4.78, 5) is 11.0. The van der Waals surface area contributed by atoms with Gasteiger partial charge in [-0.25, -0.2) is 0 Å². The number of esters is 1. The van der Waals surface area contributed by atoms with Crippen LogP contribution in [-0.2, 0) is 9.53 Å². The van der Waals surface area contributed by atoms with E-state index in [9.17, 15) is 4.79 Å². The molecule has 1 heterocycles. The molecule has 1 aliphatic heterocycles. The molecule has 2 rings (SSSR count). The van der Waals surface area contributed by atoms with Gasteiger partial charge in [-0.15, -0.1) is 11.6 Å². The highest BCUT2D eigenvalue weighted by Crippen LogP contribution is 2.40. The van der Waals surface area contributed by atoms with Gasteiger partial charge in [0.05, 0.1) is 11.8 Å². The fourth-order valence-electron chi connectivity index (χ4n) is 2.18. The zero-order chi connectivity index (χ0) is 8.72. The molecule has 2 fully saturated rings. The van der Waals surface area contributed by atoms with Crippen LogP contribution in [0.25, 0.3) is 0 Å². The van der Waals surface area contributed by atoms with E-state index in [4.69, 9.17) is 16.3 Å². The second-order valence-electron chi connectivity index (χ2n) is 3.92. The fourth-order valence-corrected chi connectivity index (χ4v) is 2.56. The predicted molar refractivity (Wildman–Crippen MR) is 46.0 cm³/mol. The monoisotopic (exact) mass is 188 g/mol. The van der Waals surface area contributed by atoms with Crippen LogP contribution in [0, 0.1) is 11.8 Å². The Bertz CT molecular complexity index is 205. The topological polar surface area (TPSA) is 26.3 Å². The van der Waals surface area contributed by atoms with Crippen LogP contribution < -0.4 is 0 Å². The van der Waals surface area contributed by atoms with Gasteiger partial charge < -0.3 is 4.74 Å². The highest BCUT2D eigenvalue weighted by molar-refractivity contribution is 6.21. The average molecular weight is 189 g/mol. The van der Waals surface area contributed by atoms with Crippen LogP contribution in [0.4, 0.5) is 0 Å². The summed E-state index contributed by atoms with van der Waals surface area (Å²) in [5, 5.41) is 0.0372. The molecule has 0 radical (unpaired) electrons. The van der Waals surface area contributed by atoms with Gasteiger partial charge in [-0.3, -0.25) is 4.79 Å². The van der Waals surface area contributed by atoms with Gasteiger partial charge in [0.1, 0.15) is 6.10 Å². The molecule has 1 saturated carbocycles. The van der Waals surface area contributed by atoms with Gasteiger partial charge in [0.15, 0.2) is 0 Å². The van der Waals surface area contributed by atoms with Crippen molar-refractivity contribution < 1.29 is 9.53 Å². The summed E-state index contributed by atoms with van der Waals surface area (Å²) >= 11 is 6.16. The summed E-state index contributed by atoms with van der Waals surface area (Å²) in [5.74, 6) is 0.819. The Morgan fingerprint density at radius 3 is 3.00 bits per heavy atom. The summed E-state index contributed by atoms with van der Waals surface area (Å²) in [6.45, 7) is 2.13. The maximum absolute atomic E-state index is 11.0. The van der Waals surface area contributed by atoms with E-state index in [1.807, 2.05) is 0 Å². The lowest BCUT2D eigenvalue weighted by atomic mass is 9.80. The molecular weight excluding hydrogens is 176 g/mol. The normalized spacial score (nSPS) is 47.0. The molecule has 0 aromatic rings. The van der Waals surface area contributed by atoms with Gasteiger partial charge in [-0.05, 0) is 18.8 Å². The van der Waals surface area contributed by atoms with E-state index in [1.165, 1.54) is 0 Å². The van der Waals surface area contributed by atoms with E-state index in [0.29, 0.717) is 18.3 Å². The number of rotatable bonds is 0. The number of carbonyl (C=O) groups is 1. The summed E-state index contributed by atoms with van der Waals surface area (Å²) in [6, 6.07) is 0. The molecule has 4 atom stereocenters. The highest BCUT2D eigenvalue weighted by atomic mass is 35.5. The third kappa shape index (κ3) is 1.22. The van der Waals surface area contributed by atoms with Crippen molar-refractivity contribution in [2.75, 3.05) is 0 Å². The maximum Gasteiger partial charge on any atom is 0.306 e. The summed E-state index contributed by atoms with van der Waals surface area (Å²) in [5.41, 5.74) is 0. The van der Waals surface area contributed by atoms with Crippen molar-refractivity contribution in [3.05, 3.63) is 0 Å². The van der Waals surface area contributed by atoms with E-state index in [1.54, 1.807) is 0 Å². The van der Waals surface area contributed by atoms with Gasteiger partial charge in [-0.1, -0.05) is 6.92 Å². The Morgan fingerprint density at radius 1 is 1.50 bits per heavy atom. The number of alkyl halides is 1. The molecule has 12 heavy (non-hydrogen) atoms. The van der Waals surface area contributed by atoms with Crippen LogP contribution >= 0.6 is 11.6 Å². The number of ether oxygens (including phenoxy) is 1. The Hall–Kier alpha value is -0.240. The fraction of sp³-hybridized carbons (Fsp3) is 0.889. The van der Waals surface area contributed by atoms with Gasteiger partial charge in [-0.2, -0.15) is 0 Å². The Balaban J connectivity index is 2.11. The molecule has 0 amide bonds. The molecule has 2 nitrogen and oxygen atoms in total.